The number of methoxy groups -OCH3 is 1. The van der Waals surface area contributed by atoms with E-state index in [0.29, 0.717) is 25.7 Å². The highest BCUT2D eigenvalue weighted by molar-refractivity contribution is 6.74. The molecule has 0 unspecified atom stereocenters. The van der Waals surface area contributed by atoms with Crippen LogP contribution in [0.3, 0.4) is 0 Å². The van der Waals surface area contributed by atoms with Gasteiger partial charge in [0, 0.05) is 19.1 Å². The first-order valence-corrected chi connectivity index (χ1v) is 14.3. The van der Waals surface area contributed by atoms with Crippen LogP contribution < -0.4 is 4.74 Å². The quantitative estimate of drug-likeness (QED) is 0.368. The molecule has 5 heteroatoms. The van der Waals surface area contributed by atoms with E-state index < -0.39 is 8.32 Å². The molecule has 1 aromatic rings. The molecule has 0 amide bonds. The molecular weight excluding hydrogens is 392 g/mol. The maximum Gasteiger partial charge on any atom is 0.191 e. The monoisotopic (exact) mass is 438 g/mol. The smallest absolute Gasteiger partial charge is 0.191 e. The molecular formula is C25H46O4Si. The second-order valence-electron chi connectivity index (χ2n) is 10.4. The lowest BCUT2D eigenvalue weighted by Gasteiger charge is -2.38. The normalized spacial score (nSPS) is 16.7. The summed E-state index contributed by atoms with van der Waals surface area (Å²) in [6.45, 7) is 19.8. The Bertz CT molecular complexity index is 594. The van der Waals surface area contributed by atoms with Gasteiger partial charge < -0.3 is 19.0 Å². The van der Waals surface area contributed by atoms with E-state index in [1.54, 1.807) is 7.11 Å². The van der Waals surface area contributed by atoms with Gasteiger partial charge in [-0.3, -0.25) is 0 Å². The minimum atomic E-state index is -1.79. The average molecular weight is 439 g/mol. The van der Waals surface area contributed by atoms with Crippen molar-refractivity contribution in [3.8, 4) is 5.75 Å². The van der Waals surface area contributed by atoms with Crippen LogP contribution in [0, 0.1) is 17.8 Å². The first kappa shape index (κ1) is 27.2. The predicted molar refractivity (Wildman–Crippen MR) is 129 cm³/mol. The number of aliphatic hydroxyl groups excluding tert-OH is 1. The van der Waals surface area contributed by atoms with E-state index in [-0.39, 0.29) is 23.0 Å². The summed E-state index contributed by atoms with van der Waals surface area (Å²) >= 11 is 0. The van der Waals surface area contributed by atoms with Gasteiger partial charge in [-0.1, -0.05) is 53.7 Å². The van der Waals surface area contributed by atoms with Gasteiger partial charge in [-0.15, -0.1) is 0 Å². The predicted octanol–water partition coefficient (Wildman–Crippen LogP) is 6.28. The molecule has 4 nitrogen and oxygen atoms in total. The molecule has 1 aromatic carbocycles. The van der Waals surface area contributed by atoms with E-state index in [4.69, 9.17) is 13.9 Å². The molecule has 0 aliphatic heterocycles. The Hall–Kier alpha value is -0.883. The third-order valence-electron chi connectivity index (χ3n) is 6.66. The van der Waals surface area contributed by atoms with E-state index in [2.05, 4.69) is 54.6 Å². The standard InChI is InChI=1S/C25H46O4Si/c1-10-22(18-29-30(8,9)25(4,5)6)24(26)20(3)15-19(2)16-28-17-21-11-13-23(27-7)14-12-21/h11-14,19-20,22,24,26H,10,15-18H2,1-9H3/t19-,20+,22+,24+/m1/s1. The summed E-state index contributed by atoms with van der Waals surface area (Å²) < 4.78 is 17.5. The largest absolute Gasteiger partial charge is 0.497 e. The third-order valence-corrected chi connectivity index (χ3v) is 11.2. The van der Waals surface area contributed by atoms with Crippen molar-refractivity contribution in [1.29, 1.82) is 0 Å². The first-order chi connectivity index (χ1) is 13.9. The van der Waals surface area contributed by atoms with Crippen molar-refractivity contribution in [3.63, 3.8) is 0 Å². The molecule has 0 spiro atoms. The molecule has 0 aliphatic carbocycles. The second kappa shape index (κ2) is 12.2. The summed E-state index contributed by atoms with van der Waals surface area (Å²) in [5, 5.41) is 11.2. The summed E-state index contributed by atoms with van der Waals surface area (Å²) in [5.41, 5.74) is 1.14. The maximum atomic E-state index is 11.0. The van der Waals surface area contributed by atoms with Crippen molar-refractivity contribution in [2.45, 2.75) is 85.2 Å². The molecule has 0 fully saturated rings. The highest BCUT2D eigenvalue weighted by Gasteiger charge is 2.38. The molecule has 0 aliphatic rings. The average Bonchev–Trinajstić information content (AvgIpc) is 2.67. The van der Waals surface area contributed by atoms with Gasteiger partial charge in [-0.05, 0) is 60.5 Å². The first-order valence-electron chi connectivity index (χ1n) is 11.4. The van der Waals surface area contributed by atoms with Crippen molar-refractivity contribution in [2.75, 3.05) is 20.3 Å². The number of ether oxygens (including phenoxy) is 2. The van der Waals surface area contributed by atoms with Crippen molar-refractivity contribution < 1.29 is 19.0 Å². The second-order valence-corrected chi connectivity index (χ2v) is 15.2. The van der Waals surface area contributed by atoms with E-state index in [1.165, 1.54) is 0 Å². The van der Waals surface area contributed by atoms with E-state index in [1.807, 2.05) is 24.3 Å². The molecule has 0 saturated heterocycles. The summed E-state index contributed by atoms with van der Waals surface area (Å²) in [6.07, 6.45) is 1.53. The van der Waals surface area contributed by atoms with Gasteiger partial charge in [0.25, 0.3) is 0 Å². The van der Waals surface area contributed by atoms with Crippen molar-refractivity contribution in [1.82, 2.24) is 0 Å². The number of rotatable bonds is 13. The van der Waals surface area contributed by atoms with Crippen molar-refractivity contribution in [2.24, 2.45) is 17.8 Å². The summed E-state index contributed by atoms with van der Waals surface area (Å²) in [4.78, 5) is 0. The molecule has 0 saturated carbocycles. The lowest BCUT2D eigenvalue weighted by molar-refractivity contribution is 0.0126. The Labute approximate surface area is 186 Å². The highest BCUT2D eigenvalue weighted by Crippen LogP contribution is 2.37. The van der Waals surface area contributed by atoms with Crippen LogP contribution in [0.25, 0.3) is 0 Å². The topological polar surface area (TPSA) is 47.9 Å². The molecule has 1 rings (SSSR count). The molecule has 0 bridgehead atoms. The Morgan fingerprint density at radius 3 is 2.13 bits per heavy atom. The van der Waals surface area contributed by atoms with Gasteiger partial charge in [0.05, 0.1) is 19.8 Å². The number of aliphatic hydroxyl groups is 1. The number of benzene rings is 1. The van der Waals surface area contributed by atoms with Crippen LogP contribution in [0.1, 0.15) is 59.9 Å². The fourth-order valence-corrected chi connectivity index (χ4v) is 4.46. The highest BCUT2D eigenvalue weighted by atomic mass is 28.4. The van der Waals surface area contributed by atoms with Crippen LogP contribution in [0.4, 0.5) is 0 Å². The zero-order valence-corrected chi connectivity index (χ0v) is 21.8. The van der Waals surface area contributed by atoms with Crippen LogP contribution in [-0.2, 0) is 15.8 Å². The zero-order valence-electron chi connectivity index (χ0n) is 20.8. The van der Waals surface area contributed by atoms with Crippen molar-refractivity contribution in [3.05, 3.63) is 29.8 Å². The Kier molecular flexibility index (Phi) is 11.1. The molecule has 1 N–H and O–H groups in total. The minimum absolute atomic E-state index is 0.182. The van der Waals surface area contributed by atoms with Gasteiger partial charge in [-0.25, -0.2) is 0 Å². The summed E-state index contributed by atoms with van der Waals surface area (Å²) in [5.74, 6) is 1.66. The van der Waals surface area contributed by atoms with Crippen molar-refractivity contribution >= 4 is 8.32 Å². The van der Waals surface area contributed by atoms with Gasteiger partial charge >= 0.3 is 0 Å². The number of hydrogen-bond acceptors (Lipinski definition) is 4. The van der Waals surface area contributed by atoms with Crippen LogP contribution in [0.15, 0.2) is 24.3 Å². The SMILES string of the molecule is CC[C@@H](CO[Si](C)(C)C(C)(C)C)[C@@H](O)[C@@H](C)C[C@@H](C)COCc1ccc(OC)cc1. The zero-order chi connectivity index (χ0) is 22.9. The Morgan fingerprint density at radius 1 is 1.03 bits per heavy atom. The lowest BCUT2D eigenvalue weighted by atomic mass is 9.85. The fraction of sp³-hybridized carbons (Fsp3) is 0.760. The maximum absolute atomic E-state index is 11.0. The molecule has 30 heavy (non-hydrogen) atoms. The Balaban J connectivity index is 2.44. The number of hydrogen-bond donors (Lipinski definition) is 1. The summed E-state index contributed by atoms with van der Waals surface area (Å²) in [7, 11) is -0.120. The van der Waals surface area contributed by atoms with Gasteiger partial charge in [0.2, 0.25) is 0 Å². The minimum Gasteiger partial charge on any atom is -0.497 e. The van der Waals surface area contributed by atoms with Crippen LogP contribution in [0.2, 0.25) is 18.1 Å². The van der Waals surface area contributed by atoms with Crippen LogP contribution in [0.5, 0.6) is 5.75 Å². The molecule has 0 radical (unpaired) electrons. The van der Waals surface area contributed by atoms with E-state index in [9.17, 15) is 5.11 Å². The third kappa shape index (κ3) is 8.70. The van der Waals surface area contributed by atoms with Gasteiger partial charge in [0.1, 0.15) is 5.75 Å². The molecule has 0 aromatic heterocycles. The summed E-state index contributed by atoms with van der Waals surface area (Å²) in [6, 6.07) is 7.98. The molecule has 174 valence electrons. The lowest BCUT2D eigenvalue weighted by Crippen LogP contribution is -2.43. The Morgan fingerprint density at radius 2 is 1.63 bits per heavy atom. The fourth-order valence-electron chi connectivity index (χ4n) is 3.40. The molecule has 4 atom stereocenters. The van der Waals surface area contributed by atoms with E-state index >= 15 is 0 Å². The van der Waals surface area contributed by atoms with Crippen LogP contribution >= 0.6 is 0 Å². The van der Waals surface area contributed by atoms with Gasteiger partial charge in [0.15, 0.2) is 8.32 Å². The van der Waals surface area contributed by atoms with Crippen LogP contribution in [-0.4, -0.2) is 39.9 Å². The van der Waals surface area contributed by atoms with Gasteiger partial charge in [-0.2, -0.15) is 0 Å². The molecule has 0 heterocycles. The van der Waals surface area contributed by atoms with E-state index in [0.717, 1.165) is 24.2 Å².